The number of carbonyl (C=O) groups excluding carboxylic acids is 7. The largest absolute Gasteiger partial charge is 0.481 e. The predicted molar refractivity (Wildman–Crippen MR) is 279 cm³/mol. The van der Waals surface area contributed by atoms with E-state index in [9.17, 15) is 53.7 Å². The van der Waals surface area contributed by atoms with E-state index in [0.717, 1.165) is 22.6 Å². The normalized spacial score (nSPS) is 27.6. The Hall–Kier alpha value is -6.69. The lowest BCUT2D eigenvalue weighted by Gasteiger charge is -2.59. The van der Waals surface area contributed by atoms with Crippen LogP contribution in [0.1, 0.15) is 106 Å². The Labute approximate surface area is 449 Å². The maximum absolute atomic E-state index is 14.0. The average Bonchev–Trinajstić information content (AvgIpc) is 4.14. The van der Waals surface area contributed by atoms with Gasteiger partial charge in [0.25, 0.3) is 0 Å². The number of carboxylic acid groups (broad SMARTS) is 1. The molecule has 0 radical (unpaired) electrons. The van der Waals surface area contributed by atoms with E-state index in [4.69, 9.17) is 19.9 Å². The van der Waals surface area contributed by atoms with Crippen LogP contribution in [-0.4, -0.2) is 117 Å². The molecule has 0 unspecified atom stereocenters. The number of Topliss-reactive ketones (excluding diaryl/α,β-unsaturated/α-hetero) is 1. The van der Waals surface area contributed by atoms with Gasteiger partial charge in [0.2, 0.25) is 23.6 Å². The quantitative estimate of drug-likeness (QED) is 0.0639. The molecule has 5 aliphatic rings. The number of benzene rings is 2. The van der Waals surface area contributed by atoms with Crippen LogP contribution in [0.5, 0.6) is 0 Å². The number of aliphatic hydroxyl groups excluding tert-OH is 2. The highest BCUT2D eigenvalue weighted by Crippen LogP contribution is 2.70. The number of hydrogen-bond donors (Lipinski definition) is 9. The number of nitrogens with zero attached hydrogens (tertiary/aromatic N) is 1. The van der Waals surface area contributed by atoms with Crippen molar-refractivity contribution in [3.05, 3.63) is 99.5 Å². The molecule has 21 nitrogen and oxygen atoms in total. The molecule has 412 valence electrons. The van der Waals surface area contributed by atoms with Gasteiger partial charge in [-0.2, -0.15) is 0 Å². The van der Waals surface area contributed by atoms with Crippen LogP contribution >= 0.6 is 11.3 Å². The number of carbonyl (C=O) groups is 8. The summed E-state index contributed by atoms with van der Waals surface area (Å²) < 4.78 is 18.9. The fraction of sp³-hybridized carbons (Fsp3) is 0.509. The van der Waals surface area contributed by atoms with Gasteiger partial charge in [0.1, 0.15) is 25.3 Å². The first-order valence-corrected chi connectivity index (χ1v) is 26.8. The van der Waals surface area contributed by atoms with E-state index in [2.05, 4.69) is 38.5 Å². The highest BCUT2D eigenvalue weighted by molar-refractivity contribution is 7.11. The lowest BCUT2D eigenvalue weighted by molar-refractivity contribution is -0.200. The Morgan fingerprint density at radius 2 is 1.73 bits per heavy atom. The number of aromatic nitrogens is 1. The molecule has 0 bridgehead atoms. The molecule has 10 N–H and O–H groups in total. The van der Waals surface area contributed by atoms with Crippen LogP contribution in [0.4, 0.5) is 16.2 Å². The molecule has 4 fully saturated rings. The number of allylic oxidation sites excluding steroid dienone is 4. The number of carboxylic acids is 1. The molecule has 2 aromatic carbocycles. The minimum atomic E-state index is -1.49. The van der Waals surface area contributed by atoms with Gasteiger partial charge in [0, 0.05) is 54.1 Å². The van der Waals surface area contributed by atoms with Crippen LogP contribution in [0, 0.1) is 28.6 Å². The summed E-state index contributed by atoms with van der Waals surface area (Å²) in [6, 6.07) is 11.3. The average molecular weight is 1080 g/mol. The highest BCUT2D eigenvalue weighted by Gasteiger charge is 2.76. The van der Waals surface area contributed by atoms with Gasteiger partial charge >= 0.3 is 12.1 Å². The van der Waals surface area contributed by atoms with Crippen LogP contribution in [0.2, 0.25) is 0 Å². The number of unbranched alkanes of at least 4 members (excludes halogenated alkanes) is 1. The Bertz CT molecular complexity index is 2820. The minimum absolute atomic E-state index is 0.0324. The highest BCUT2D eigenvalue weighted by atomic mass is 32.1. The number of rotatable bonds is 22. The number of anilines is 2. The summed E-state index contributed by atoms with van der Waals surface area (Å²) >= 11 is 1.36. The first kappa shape index (κ1) is 56.5. The molecule has 1 saturated heterocycles. The van der Waals surface area contributed by atoms with Crippen molar-refractivity contribution in [2.45, 2.75) is 128 Å². The fourth-order valence-electron chi connectivity index (χ4n) is 12.6. The van der Waals surface area contributed by atoms with Gasteiger partial charge < -0.3 is 56.5 Å². The van der Waals surface area contributed by atoms with E-state index in [1.165, 1.54) is 18.3 Å². The lowest BCUT2D eigenvalue weighted by atomic mass is 9.46. The summed E-state index contributed by atoms with van der Waals surface area (Å²) in [5.74, 6) is -4.35. The van der Waals surface area contributed by atoms with Crippen LogP contribution in [-0.2, 0) is 60.8 Å². The Balaban J connectivity index is 0.821. The van der Waals surface area contributed by atoms with Gasteiger partial charge in [-0.15, -0.1) is 11.3 Å². The second kappa shape index (κ2) is 23.9. The zero-order valence-corrected chi connectivity index (χ0v) is 44.0. The fourth-order valence-corrected chi connectivity index (χ4v) is 13.5. The van der Waals surface area contributed by atoms with Gasteiger partial charge in [0.05, 0.1) is 28.6 Å². The summed E-state index contributed by atoms with van der Waals surface area (Å²) in [4.78, 5) is 106. The molecule has 0 spiro atoms. The molecule has 5 amide bonds. The third-order valence-electron chi connectivity index (χ3n) is 16.1. The second-order valence-corrected chi connectivity index (χ2v) is 22.2. The van der Waals surface area contributed by atoms with Crippen LogP contribution < -0.4 is 32.3 Å². The number of ether oxygens (including phenoxy) is 3. The molecule has 3 saturated carbocycles. The van der Waals surface area contributed by atoms with Crippen molar-refractivity contribution in [1.29, 1.82) is 0 Å². The molecule has 1 aliphatic heterocycles. The Morgan fingerprint density at radius 3 is 2.45 bits per heavy atom. The summed E-state index contributed by atoms with van der Waals surface area (Å²) in [5, 5.41) is 45.2. The zero-order chi connectivity index (χ0) is 55.2. The topological polar surface area (TPSA) is 324 Å². The first-order chi connectivity index (χ1) is 36.8. The molecule has 2 heterocycles. The zero-order valence-electron chi connectivity index (χ0n) is 43.2. The summed E-state index contributed by atoms with van der Waals surface area (Å²) in [7, 11) is 0. The van der Waals surface area contributed by atoms with Crippen LogP contribution in [0.3, 0.4) is 0 Å². The number of nitrogens with one attached hydrogen (secondary N) is 5. The predicted octanol–water partition coefficient (Wildman–Crippen LogP) is 4.12. The molecule has 4 aliphatic carbocycles. The van der Waals surface area contributed by atoms with E-state index in [1.54, 1.807) is 60.8 Å². The lowest BCUT2D eigenvalue weighted by Crippen LogP contribution is -2.63. The maximum Gasteiger partial charge on any atom is 0.411 e. The Kier molecular flexibility index (Phi) is 17.5. The molecular formula is C55H67N7O14S. The first-order valence-electron chi connectivity index (χ1n) is 26.0. The van der Waals surface area contributed by atoms with Crippen LogP contribution in [0.25, 0.3) is 0 Å². The second-order valence-electron chi connectivity index (χ2n) is 21.1. The van der Waals surface area contributed by atoms with Crippen molar-refractivity contribution in [3.8, 4) is 0 Å². The molecule has 3 aromatic rings. The Morgan fingerprint density at radius 1 is 0.961 bits per heavy atom. The van der Waals surface area contributed by atoms with E-state index in [1.807, 2.05) is 19.1 Å². The third kappa shape index (κ3) is 12.2. The van der Waals surface area contributed by atoms with Crippen molar-refractivity contribution < 1.29 is 67.9 Å². The van der Waals surface area contributed by atoms with Gasteiger partial charge in [0.15, 0.2) is 23.5 Å². The number of amides is 5. The number of aliphatic hydroxyl groups is 2. The SMILES string of the molecule is CC(=O)N[C@@H](CCCCN)C(=O)NCC(=O)N[C@@H](CCC(=O)O)C(=O)Nc1ccc(COC(=O)Nc2cccc(Cc3ncc([C@H]4O[C@@H]5C[C@H]6[C@@H]7CCC8=CC(=O)C=C[C@]8(C)[C@H]7[C@@H](O)C[C@]6(C)[C@]5(C(=O)CO)O4)s3)c2)cc1. The van der Waals surface area contributed by atoms with Gasteiger partial charge in [-0.1, -0.05) is 49.8 Å². The van der Waals surface area contributed by atoms with Gasteiger partial charge in [-0.25, -0.2) is 9.78 Å². The van der Waals surface area contributed by atoms with Crippen molar-refractivity contribution in [3.63, 3.8) is 0 Å². The smallest absolute Gasteiger partial charge is 0.411 e. The van der Waals surface area contributed by atoms with E-state index in [0.29, 0.717) is 66.9 Å². The number of nitrogens with two attached hydrogens (primary N) is 1. The van der Waals surface area contributed by atoms with E-state index < -0.39 is 108 Å². The number of thiazole rings is 1. The third-order valence-corrected chi connectivity index (χ3v) is 17.1. The number of aliphatic carboxylic acids is 1. The van der Waals surface area contributed by atoms with Crippen molar-refractivity contribution in [2.75, 3.05) is 30.3 Å². The van der Waals surface area contributed by atoms with Gasteiger partial charge in [-0.3, -0.25) is 38.9 Å². The molecule has 11 atom stereocenters. The monoisotopic (exact) mass is 1080 g/mol. The molecule has 8 rings (SSSR count). The van der Waals surface area contributed by atoms with E-state index >= 15 is 0 Å². The minimum Gasteiger partial charge on any atom is -0.481 e. The molecule has 77 heavy (non-hydrogen) atoms. The number of hydrogen-bond acceptors (Lipinski definition) is 16. The summed E-state index contributed by atoms with van der Waals surface area (Å²) in [5.41, 5.74) is 5.92. The number of fused-ring (bicyclic) bond motifs is 7. The van der Waals surface area contributed by atoms with E-state index in [-0.39, 0.29) is 43.0 Å². The standard InChI is InChI=1S/C55H67N7O14S/c1-30(64)59-39(9-4-5-20-56)49(71)58-27-45(68)62-40(16-17-47(69)70)50(72)60-34-13-10-31(11-14-34)29-74-52(73)61-35-8-6-7-32(21-35)22-46-57-26-42(77-46)51-75-44-24-38-37-15-12-33-23-36(65)18-19-53(33,2)48(37)41(66)25-54(38,3)55(44,76-51)43(67)28-63/h6-8,10-11,13-14,18-19,21,23,26,37-41,44,48,51,63,66H,4-5,9,12,15-17,20,22,24-25,27-29,56H2,1-3H3,(H,58,71)(H,59,64)(H,60,72)(H,61,73)(H,62,68)(H,69,70)/t37-,38-,39-,40-,41-,44+,48+,51-,53-,54-,55+/m0/s1. The van der Waals surface area contributed by atoms with Crippen molar-refractivity contribution >= 4 is 70.0 Å². The van der Waals surface area contributed by atoms with Crippen LogP contribution in [0.15, 0.2) is 78.5 Å². The van der Waals surface area contributed by atoms with Crippen molar-refractivity contribution in [2.24, 2.45) is 34.3 Å². The molecule has 22 heteroatoms. The number of ketones is 2. The summed E-state index contributed by atoms with van der Waals surface area (Å²) in [6.07, 6.45) is 7.25. The maximum atomic E-state index is 14.0. The van der Waals surface area contributed by atoms with Crippen molar-refractivity contribution in [1.82, 2.24) is 20.9 Å². The molecular weight excluding hydrogens is 1010 g/mol. The van der Waals surface area contributed by atoms with Gasteiger partial charge in [-0.05, 0) is 117 Å². The molecule has 1 aromatic heterocycles. The summed E-state index contributed by atoms with van der Waals surface area (Å²) in [6.45, 7) is 4.36.